The Morgan fingerprint density at radius 1 is 1.67 bits per heavy atom. The normalized spacial score (nSPS) is 8.83. The van der Waals surface area contributed by atoms with Gasteiger partial charge in [-0.05, 0) is 22.6 Å². The van der Waals surface area contributed by atoms with Crippen molar-refractivity contribution < 1.29 is 9.53 Å². The molecule has 0 atom stereocenters. The number of carbonyl (C=O) groups is 1. The first-order valence-electron chi connectivity index (χ1n) is 1.26. The van der Waals surface area contributed by atoms with Crippen molar-refractivity contribution in [3.05, 3.63) is 10.3 Å². The molecule has 0 heterocycles. The predicted molar refractivity (Wildman–Crippen MR) is 30.3 cm³/mol. The van der Waals surface area contributed by atoms with Crippen LogP contribution in [-0.4, -0.2) is 6.47 Å². The van der Waals surface area contributed by atoms with Crippen molar-refractivity contribution in [2.24, 2.45) is 0 Å². The summed E-state index contributed by atoms with van der Waals surface area (Å²) < 4.78 is 5.72. The second kappa shape index (κ2) is 4.94. The molecule has 0 aromatic rings. The summed E-state index contributed by atoms with van der Waals surface area (Å²) >= 11 is 1.95. The van der Waals surface area contributed by atoms with Crippen LogP contribution < -0.4 is 0 Å². The SMILES string of the molecule is O=COC=CI. The molecule has 34 valence electrons. The average Bonchev–Trinajstić information content (AvgIpc) is 1.61. The molecule has 0 unspecified atom stereocenters. The molecule has 0 aliphatic carbocycles. The van der Waals surface area contributed by atoms with Crippen LogP contribution in [0.15, 0.2) is 10.3 Å². The maximum absolute atomic E-state index is 9.29. The van der Waals surface area contributed by atoms with Crippen LogP contribution in [-0.2, 0) is 9.53 Å². The largest absolute Gasteiger partial charge is 0.436 e. The van der Waals surface area contributed by atoms with Crippen molar-refractivity contribution in [2.45, 2.75) is 0 Å². The second-order valence-corrected chi connectivity index (χ2v) is 1.21. The van der Waals surface area contributed by atoms with Gasteiger partial charge in [0.2, 0.25) is 0 Å². The smallest absolute Gasteiger partial charge is 0.297 e. The van der Waals surface area contributed by atoms with E-state index in [0.29, 0.717) is 6.47 Å². The number of hydrogen-bond acceptors (Lipinski definition) is 2. The monoisotopic (exact) mass is 198 g/mol. The van der Waals surface area contributed by atoms with Crippen LogP contribution in [0.1, 0.15) is 0 Å². The topological polar surface area (TPSA) is 26.3 Å². The van der Waals surface area contributed by atoms with Gasteiger partial charge in [0.1, 0.15) is 6.26 Å². The van der Waals surface area contributed by atoms with Crippen LogP contribution in [0.3, 0.4) is 0 Å². The molecule has 3 heteroatoms. The molecule has 0 fully saturated rings. The fraction of sp³-hybridized carbons (Fsp3) is 0. The number of ether oxygens (including phenoxy) is 1. The van der Waals surface area contributed by atoms with Crippen LogP contribution in [0.4, 0.5) is 0 Å². The highest BCUT2D eigenvalue weighted by molar-refractivity contribution is 14.1. The zero-order valence-electron chi connectivity index (χ0n) is 2.93. The van der Waals surface area contributed by atoms with E-state index in [1.54, 1.807) is 4.08 Å². The van der Waals surface area contributed by atoms with E-state index in [1.165, 1.54) is 6.26 Å². The summed E-state index contributed by atoms with van der Waals surface area (Å²) in [5.41, 5.74) is 0. The highest BCUT2D eigenvalue weighted by Crippen LogP contribution is 1.81. The minimum absolute atomic E-state index is 0.370. The molecule has 0 aliphatic heterocycles. The Kier molecular flexibility index (Phi) is 4.89. The summed E-state index contributed by atoms with van der Waals surface area (Å²) in [6, 6.07) is 0. The highest BCUT2D eigenvalue weighted by atomic mass is 127. The maximum Gasteiger partial charge on any atom is 0.297 e. The molecular formula is C3H3IO2. The van der Waals surface area contributed by atoms with Gasteiger partial charge in [0.15, 0.2) is 0 Å². The van der Waals surface area contributed by atoms with Gasteiger partial charge in [-0.3, -0.25) is 4.79 Å². The van der Waals surface area contributed by atoms with Gasteiger partial charge in [-0.2, -0.15) is 0 Å². The molecule has 0 aromatic heterocycles. The van der Waals surface area contributed by atoms with Crippen LogP contribution in [0.5, 0.6) is 0 Å². The quantitative estimate of drug-likeness (QED) is 0.376. The Hall–Kier alpha value is -0.0600. The molecular weight excluding hydrogens is 195 g/mol. The molecule has 0 N–H and O–H groups in total. The van der Waals surface area contributed by atoms with Crippen molar-refractivity contribution in [3.8, 4) is 0 Å². The summed E-state index contributed by atoms with van der Waals surface area (Å²) in [6.45, 7) is 0.370. The van der Waals surface area contributed by atoms with Crippen molar-refractivity contribution in [3.63, 3.8) is 0 Å². The average molecular weight is 198 g/mol. The minimum atomic E-state index is 0.370. The van der Waals surface area contributed by atoms with Gasteiger partial charge in [0, 0.05) is 4.08 Å². The van der Waals surface area contributed by atoms with Gasteiger partial charge >= 0.3 is 0 Å². The van der Waals surface area contributed by atoms with E-state index in [-0.39, 0.29) is 0 Å². The summed E-state index contributed by atoms with van der Waals surface area (Å²) in [6.07, 6.45) is 1.30. The third-order valence-corrected chi connectivity index (χ3v) is 0.479. The molecule has 0 saturated heterocycles. The first kappa shape index (κ1) is 5.94. The van der Waals surface area contributed by atoms with Crippen molar-refractivity contribution >= 4 is 29.1 Å². The predicted octanol–water partition coefficient (Wildman–Crippen LogP) is 1.07. The molecule has 0 saturated carbocycles. The highest BCUT2D eigenvalue weighted by Gasteiger charge is 1.59. The van der Waals surface area contributed by atoms with Gasteiger partial charge in [0.05, 0.1) is 0 Å². The second-order valence-electron chi connectivity index (χ2n) is 0.494. The molecule has 0 aromatic carbocycles. The molecule has 0 aliphatic rings. The van der Waals surface area contributed by atoms with Gasteiger partial charge in [0.25, 0.3) is 6.47 Å². The van der Waals surface area contributed by atoms with Gasteiger partial charge in [-0.25, -0.2) is 0 Å². The lowest BCUT2D eigenvalue weighted by atomic mass is 11.1. The molecule has 6 heavy (non-hydrogen) atoms. The lowest BCUT2D eigenvalue weighted by Gasteiger charge is -1.74. The van der Waals surface area contributed by atoms with E-state index in [9.17, 15) is 4.79 Å². The minimum Gasteiger partial charge on any atom is -0.436 e. The Morgan fingerprint density at radius 2 is 2.33 bits per heavy atom. The molecule has 0 radical (unpaired) electrons. The summed E-state index contributed by atoms with van der Waals surface area (Å²) in [4.78, 5) is 9.29. The first-order chi connectivity index (χ1) is 2.91. The number of carbonyl (C=O) groups excluding carboxylic acids is 1. The Balaban J connectivity index is 2.85. The number of halogens is 1. The molecule has 0 bridgehead atoms. The fourth-order valence-corrected chi connectivity index (χ4v) is 0.231. The third kappa shape index (κ3) is 3.94. The Bertz CT molecular complexity index is 59.8. The molecule has 0 rings (SSSR count). The lowest BCUT2D eigenvalue weighted by Crippen LogP contribution is -1.68. The zero-order valence-corrected chi connectivity index (χ0v) is 5.08. The number of hydrogen-bond donors (Lipinski definition) is 0. The molecule has 0 amide bonds. The Morgan fingerprint density at radius 3 is 2.50 bits per heavy atom. The van der Waals surface area contributed by atoms with E-state index >= 15 is 0 Å². The van der Waals surface area contributed by atoms with Gasteiger partial charge in [-0.15, -0.1) is 0 Å². The van der Waals surface area contributed by atoms with Crippen LogP contribution in [0.2, 0.25) is 0 Å². The van der Waals surface area contributed by atoms with Crippen LogP contribution in [0.25, 0.3) is 0 Å². The van der Waals surface area contributed by atoms with Crippen molar-refractivity contribution in [1.82, 2.24) is 0 Å². The van der Waals surface area contributed by atoms with E-state index in [4.69, 9.17) is 0 Å². The summed E-state index contributed by atoms with van der Waals surface area (Å²) in [5, 5.41) is 0. The van der Waals surface area contributed by atoms with Crippen LogP contribution >= 0.6 is 22.6 Å². The van der Waals surface area contributed by atoms with Crippen LogP contribution in [0, 0.1) is 0 Å². The van der Waals surface area contributed by atoms with Gasteiger partial charge < -0.3 is 4.74 Å². The maximum atomic E-state index is 9.29. The zero-order chi connectivity index (χ0) is 4.83. The van der Waals surface area contributed by atoms with Crippen molar-refractivity contribution in [2.75, 3.05) is 0 Å². The first-order valence-corrected chi connectivity index (χ1v) is 2.50. The Labute approximate surface area is 49.3 Å². The lowest BCUT2D eigenvalue weighted by molar-refractivity contribution is -0.123. The molecule has 2 nitrogen and oxygen atoms in total. The summed E-state index contributed by atoms with van der Waals surface area (Å²) in [5.74, 6) is 0. The standard InChI is InChI=1S/C3H3IO2/c4-1-2-6-3-5/h1-3H. The van der Waals surface area contributed by atoms with E-state index in [1.807, 2.05) is 22.6 Å². The van der Waals surface area contributed by atoms with E-state index in [0.717, 1.165) is 0 Å². The molecule has 0 spiro atoms. The van der Waals surface area contributed by atoms with E-state index < -0.39 is 0 Å². The fourth-order valence-electron chi connectivity index (χ4n) is 0.0618. The third-order valence-electron chi connectivity index (χ3n) is 0.186. The summed E-state index contributed by atoms with van der Waals surface area (Å²) in [7, 11) is 0. The van der Waals surface area contributed by atoms with E-state index in [2.05, 4.69) is 4.74 Å². The van der Waals surface area contributed by atoms with Crippen molar-refractivity contribution in [1.29, 1.82) is 0 Å². The van der Waals surface area contributed by atoms with Gasteiger partial charge in [-0.1, -0.05) is 0 Å². The number of rotatable bonds is 2.